The number of fused-ring (bicyclic) bond motifs is 1. The summed E-state index contributed by atoms with van der Waals surface area (Å²) in [4.78, 5) is 10.5. The van der Waals surface area contributed by atoms with E-state index < -0.39 is 4.92 Å². The van der Waals surface area contributed by atoms with Crippen molar-refractivity contribution in [2.75, 3.05) is 0 Å². The molecule has 6 nitrogen and oxygen atoms in total. The Kier molecular flexibility index (Phi) is 6.11. The Balaban J connectivity index is 1.78. The van der Waals surface area contributed by atoms with Gasteiger partial charge < -0.3 is 4.74 Å². The second kappa shape index (κ2) is 9.47. The van der Waals surface area contributed by atoms with Crippen molar-refractivity contribution < 1.29 is 9.66 Å². The Bertz CT molecular complexity index is 1460. The van der Waals surface area contributed by atoms with Gasteiger partial charge in [0.15, 0.2) is 0 Å². The van der Waals surface area contributed by atoms with Gasteiger partial charge in [-0.05, 0) is 46.7 Å². The SMILES string of the molecule is N#C/C(=C/c1c(OCc2ccccc2C#N)ccc2ccccc12)c1ccc([N+](=O)[O-])cc1. The first-order valence-electron chi connectivity index (χ1n) is 10.1. The summed E-state index contributed by atoms with van der Waals surface area (Å²) >= 11 is 0. The lowest BCUT2D eigenvalue weighted by Crippen LogP contribution is -2.00. The van der Waals surface area contributed by atoms with E-state index in [2.05, 4.69) is 12.1 Å². The van der Waals surface area contributed by atoms with Crippen LogP contribution in [0.4, 0.5) is 5.69 Å². The molecule has 6 heteroatoms. The molecule has 0 unspecified atom stereocenters. The molecule has 33 heavy (non-hydrogen) atoms. The van der Waals surface area contributed by atoms with Crippen LogP contribution in [0.1, 0.15) is 22.3 Å². The van der Waals surface area contributed by atoms with Crippen molar-refractivity contribution >= 4 is 28.1 Å². The van der Waals surface area contributed by atoms with Gasteiger partial charge in [-0.25, -0.2) is 0 Å². The number of nitro groups is 1. The summed E-state index contributed by atoms with van der Waals surface area (Å²) in [5.41, 5.74) is 2.90. The maximum atomic E-state index is 11.0. The van der Waals surface area contributed by atoms with Gasteiger partial charge in [-0.15, -0.1) is 0 Å². The van der Waals surface area contributed by atoms with Gasteiger partial charge in [-0.3, -0.25) is 10.1 Å². The van der Waals surface area contributed by atoms with Crippen molar-refractivity contribution in [1.29, 1.82) is 10.5 Å². The summed E-state index contributed by atoms with van der Waals surface area (Å²) in [5.74, 6) is 0.566. The molecular weight excluding hydrogens is 414 g/mol. The van der Waals surface area contributed by atoms with Crippen molar-refractivity contribution in [1.82, 2.24) is 0 Å². The fourth-order valence-electron chi connectivity index (χ4n) is 3.55. The largest absolute Gasteiger partial charge is 0.488 e. The molecule has 0 aliphatic rings. The number of non-ortho nitro benzene ring substituents is 1. The van der Waals surface area contributed by atoms with E-state index in [1.165, 1.54) is 12.1 Å². The predicted octanol–water partition coefficient (Wildman–Crippen LogP) is 6.26. The number of hydrogen-bond donors (Lipinski definition) is 0. The lowest BCUT2D eigenvalue weighted by Gasteiger charge is -2.13. The minimum atomic E-state index is -0.477. The smallest absolute Gasteiger partial charge is 0.269 e. The van der Waals surface area contributed by atoms with Crippen LogP contribution in [0.25, 0.3) is 22.4 Å². The number of hydrogen-bond acceptors (Lipinski definition) is 5. The highest BCUT2D eigenvalue weighted by Crippen LogP contribution is 2.33. The normalized spacial score (nSPS) is 10.9. The number of allylic oxidation sites excluding steroid dienone is 1. The first-order chi connectivity index (χ1) is 16.1. The number of rotatable bonds is 6. The summed E-state index contributed by atoms with van der Waals surface area (Å²) in [6.45, 7) is 0.197. The first-order valence-corrected chi connectivity index (χ1v) is 10.1. The number of nitriles is 2. The van der Waals surface area contributed by atoms with Crippen LogP contribution >= 0.6 is 0 Å². The van der Waals surface area contributed by atoms with Crippen molar-refractivity contribution in [2.24, 2.45) is 0 Å². The molecule has 0 fully saturated rings. The van der Waals surface area contributed by atoms with E-state index in [9.17, 15) is 20.6 Å². The molecule has 4 aromatic rings. The van der Waals surface area contributed by atoms with Crippen molar-refractivity contribution in [3.8, 4) is 17.9 Å². The van der Waals surface area contributed by atoms with Crippen LogP contribution in [-0.2, 0) is 6.61 Å². The molecule has 0 spiro atoms. The van der Waals surface area contributed by atoms with Gasteiger partial charge in [0.25, 0.3) is 5.69 Å². The van der Waals surface area contributed by atoms with Crippen molar-refractivity contribution in [2.45, 2.75) is 6.61 Å². The Labute approximate surface area is 190 Å². The number of nitrogens with zero attached hydrogens (tertiary/aromatic N) is 3. The van der Waals surface area contributed by atoms with Crippen LogP contribution < -0.4 is 4.74 Å². The van der Waals surface area contributed by atoms with Crippen LogP contribution in [0.2, 0.25) is 0 Å². The minimum Gasteiger partial charge on any atom is -0.488 e. The second-order valence-corrected chi connectivity index (χ2v) is 7.23. The highest BCUT2D eigenvalue weighted by molar-refractivity contribution is 6.00. The molecule has 0 radical (unpaired) electrons. The Morgan fingerprint density at radius 1 is 0.939 bits per heavy atom. The van der Waals surface area contributed by atoms with Crippen LogP contribution in [0.15, 0.2) is 84.9 Å². The summed E-state index contributed by atoms with van der Waals surface area (Å²) in [5, 5.41) is 32.0. The van der Waals surface area contributed by atoms with E-state index in [4.69, 9.17) is 4.74 Å². The zero-order chi connectivity index (χ0) is 23.2. The highest BCUT2D eigenvalue weighted by Gasteiger charge is 2.12. The van der Waals surface area contributed by atoms with Crippen LogP contribution in [-0.4, -0.2) is 4.92 Å². The number of ether oxygens (including phenoxy) is 1. The molecule has 0 saturated heterocycles. The topological polar surface area (TPSA) is 99.9 Å². The van der Waals surface area contributed by atoms with E-state index in [-0.39, 0.29) is 12.3 Å². The van der Waals surface area contributed by atoms with Gasteiger partial charge in [0.1, 0.15) is 12.4 Å². The van der Waals surface area contributed by atoms with Gasteiger partial charge in [0.05, 0.1) is 28.2 Å². The standard InChI is InChI=1S/C27H17N3O3/c28-16-21-6-1-2-7-22(21)18-33-27-14-11-20-5-3-4-8-25(20)26(27)15-23(17-29)19-9-12-24(13-10-19)30(31)32/h1-15H,18H2/b23-15-. The van der Waals surface area contributed by atoms with Gasteiger partial charge in [0, 0.05) is 23.3 Å². The zero-order valence-electron chi connectivity index (χ0n) is 17.4. The van der Waals surface area contributed by atoms with Crippen LogP contribution in [0.5, 0.6) is 5.75 Å². The molecule has 0 amide bonds. The quantitative estimate of drug-likeness (QED) is 0.155. The third-order valence-electron chi connectivity index (χ3n) is 5.25. The van der Waals surface area contributed by atoms with E-state index in [0.29, 0.717) is 22.4 Å². The minimum absolute atomic E-state index is 0.0404. The van der Waals surface area contributed by atoms with Gasteiger partial charge in [-0.2, -0.15) is 10.5 Å². The molecule has 0 N–H and O–H groups in total. The van der Waals surface area contributed by atoms with E-state index in [1.54, 1.807) is 30.3 Å². The Morgan fingerprint density at radius 3 is 2.39 bits per heavy atom. The molecule has 0 saturated carbocycles. The monoisotopic (exact) mass is 431 g/mol. The Morgan fingerprint density at radius 2 is 1.67 bits per heavy atom. The number of benzene rings is 4. The summed E-state index contributed by atoms with van der Waals surface area (Å²) in [6.07, 6.45) is 1.73. The zero-order valence-corrected chi connectivity index (χ0v) is 17.4. The van der Waals surface area contributed by atoms with Gasteiger partial charge >= 0.3 is 0 Å². The molecule has 158 valence electrons. The molecule has 0 aliphatic carbocycles. The van der Waals surface area contributed by atoms with Gasteiger partial charge in [-0.1, -0.05) is 48.5 Å². The molecule has 0 atom stereocenters. The molecule has 0 bridgehead atoms. The van der Waals surface area contributed by atoms with E-state index in [0.717, 1.165) is 21.9 Å². The fraction of sp³-hybridized carbons (Fsp3) is 0.0370. The lowest BCUT2D eigenvalue weighted by molar-refractivity contribution is -0.384. The number of nitro benzene ring substituents is 1. The average molecular weight is 431 g/mol. The molecule has 4 aromatic carbocycles. The van der Waals surface area contributed by atoms with Gasteiger partial charge in [0.2, 0.25) is 0 Å². The summed E-state index contributed by atoms with van der Waals surface area (Å²) in [6, 6.07) is 29.0. The lowest BCUT2D eigenvalue weighted by atomic mass is 9.98. The third kappa shape index (κ3) is 4.56. The average Bonchev–Trinajstić information content (AvgIpc) is 2.86. The van der Waals surface area contributed by atoms with E-state index in [1.807, 2.05) is 48.5 Å². The maximum absolute atomic E-state index is 11.0. The third-order valence-corrected chi connectivity index (χ3v) is 5.25. The highest BCUT2D eigenvalue weighted by atomic mass is 16.6. The molecular formula is C27H17N3O3. The molecule has 4 rings (SSSR count). The second-order valence-electron chi connectivity index (χ2n) is 7.23. The van der Waals surface area contributed by atoms with Crippen LogP contribution in [0.3, 0.4) is 0 Å². The van der Waals surface area contributed by atoms with E-state index >= 15 is 0 Å². The maximum Gasteiger partial charge on any atom is 0.269 e. The molecule has 0 aromatic heterocycles. The Hall–Kier alpha value is -4.94. The fourth-order valence-corrected chi connectivity index (χ4v) is 3.55. The summed E-state index contributed by atoms with van der Waals surface area (Å²) in [7, 11) is 0. The van der Waals surface area contributed by atoms with Crippen molar-refractivity contribution in [3.63, 3.8) is 0 Å². The molecule has 0 heterocycles. The predicted molar refractivity (Wildman–Crippen MR) is 126 cm³/mol. The summed E-state index contributed by atoms with van der Waals surface area (Å²) < 4.78 is 6.11. The van der Waals surface area contributed by atoms with Crippen LogP contribution in [0, 0.1) is 32.8 Å². The van der Waals surface area contributed by atoms with Crippen molar-refractivity contribution in [3.05, 3.63) is 117 Å². The first kappa shape index (κ1) is 21.3. The molecule has 0 aliphatic heterocycles.